The van der Waals surface area contributed by atoms with Crippen LogP contribution >= 0.6 is 34.4 Å². The number of carbonyl (C=O) groups is 2. The first-order valence-corrected chi connectivity index (χ1v) is 17.5. The summed E-state index contributed by atoms with van der Waals surface area (Å²) in [7, 11) is 3.18. The normalized spacial score (nSPS) is 14.1. The Kier molecular flexibility index (Phi) is 10.2. The van der Waals surface area contributed by atoms with Gasteiger partial charge < -0.3 is 19.5 Å². The van der Waals surface area contributed by atoms with Gasteiger partial charge in [0.2, 0.25) is 0 Å². The summed E-state index contributed by atoms with van der Waals surface area (Å²) in [6.45, 7) is 2.62. The lowest BCUT2D eigenvalue weighted by Gasteiger charge is -2.24. The van der Waals surface area contributed by atoms with Crippen LogP contribution in [0, 0.1) is 0 Å². The van der Waals surface area contributed by atoms with E-state index < -0.39 is 6.04 Å². The number of hydrogen-bond acceptors (Lipinski definition) is 11. The van der Waals surface area contributed by atoms with Gasteiger partial charge in [0, 0.05) is 17.7 Å². The SMILES string of the molecule is CCOc1ccc(-n2c(CNC(=O)c3cccs3)nnc2SCC(=O)N2N=C(c3cccs3)CC2c2cccc(OC)c2OC)cc1. The number of hydrazone groups is 1. The number of nitrogens with zero attached hydrogens (tertiary/aromatic N) is 5. The van der Waals surface area contributed by atoms with E-state index in [1.165, 1.54) is 23.1 Å². The summed E-state index contributed by atoms with van der Waals surface area (Å²) in [4.78, 5) is 28.3. The van der Waals surface area contributed by atoms with Gasteiger partial charge in [-0.25, -0.2) is 5.01 Å². The van der Waals surface area contributed by atoms with E-state index in [0.29, 0.717) is 40.4 Å². The number of amides is 2. The van der Waals surface area contributed by atoms with E-state index in [-0.39, 0.29) is 24.1 Å². The highest BCUT2D eigenvalue weighted by Crippen LogP contribution is 2.42. The molecule has 5 aromatic rings. The molecule has 1 unspecified atom stereocenters. The quantitative estimate of drug-likeness (QED) is 0.145. The third kappa shape index (κ3) is 7.04. The molecule has 0 bridgehead atoms. The number of thioether (sulfide) groups is 1. The van der Waals surface area contributed by atoms with Gasteiger partial charge in [0.05, 0.1) is 54.6 Å². The van der Waals surface area contributed by atoms with Gasteiger partial charge in [0.25, 0.3) is 11.8 Å². The van der Waals surface area contributed by atoms with Crippen molar-refractivity contribution in [3.05, 3.63) is 98.6 Å². The highest BCUT2D eigenvalue weighted by atomic mass is 32.2. The molecule has 0 radical (unpaired) electrons. The number of carbonyl (C=O) groups excluding carboxylic acids is 2. The molecule has 0 saturated heterocycles. The van der Waals surface area contributed by atoms with Gasteiger partial charge in [0.1, 0.15) is 5.75 Å². The Balaban J connectivity index is 1.27. The number of aromatic nitrogens is 3. The molecule has 1 N–H and O–H groups in total. The van der Waals surface area contributed by atoms with Crippen LogP contribution in [-0.4, -0.2) is 63.9 Å². The summed E-state index contributed by atoms with van der Waals surface area (Å²) in [6, 6.07) is 20.4. The summed E-state index contributed by atoms with van der Waals surface area (Å²) in [6.07, 6.45) is 0.525. The van der Waals surface area contributed by atoms with Crippen LogP contribution in [0.3, 0.4) is 0 Å². The molecule has 11 nitrogen and oxygen atoms in total. The maximum atomic E-state index is 14.0. The zero-order valence-electron chi connectivity index (χ0n) is 25.9. The van der Waals surface area contributed by atoms with Crippen LogP contribution in [0.5, 0.6) is 17.2 Å². The fraction of sp³-hybridized carbons (Fsp3) is 0.242. The third-order valence-corrected chi connectivity index (χ3v) is 10.0. The molecule has 1 aliphatic heterocycles. The number of nitrogens with one attached hydrogen (secondary N) is 1. The molecule has 2 aromatic carbocycles. The second-order valence-corrected chi connectivity index (χ2v) is 13.0. The molecule has 2 amide bonds. The minimum absolute atomic E-state index is 0.0424. The lowest BCUT2D eigenvalue weighted by Crippen LogP contribution is -2.29. The molecule has 0 spiro atoms. The van der Waals surface area contributed by atoms with Crippen LogP contribution in [0.2, 0.25) is 0 Å². The topological polar surface area (TPSA) is 120 Å². The van der Waals surface area contributed by atoms with Crippen molar-refractivity contribution in [1.29, 1.82) is 0 Å². The van der Waals surface area contributed by atoms with E-state index in [0.717, 1.165) is 27.6 Å². The molecule has 0 fully saturated rings. The third-order valence-electron chi connectivity index (χ3n) is 7.35. The van der Waals surface area contributed by atoms with Crippen molar-refractivity contribution < 1.29 is 23.8 Å². The zero-order chi connectivity index (χ0) is 32.8. The number of ether oxygens (including phenoxy) is 3. The highest BCUT2D eigenvalue weighted by Gasteiger charge is 2.36. The van der Waals surface area contributed by atoms with Gasteiger partial charge in [-0.1, -0.05) is 36.0 Å². The first-order valence-electron chi connectivity index (χ1n) is 14.8. The molecule has 0 saturated carbocycles. The minimum Gasteiger partial charge on any atom is -0.494 e. The lowest BCUT2D eigenvalue weighted by atomic mass is 9.99. The Morgan fingerprint density at radius 1 is 0.979 bits per heavy atom. The van der Waals surface area contributed by atoms with Crippen molar-refractivity contribution in [1.82, 2.24) is 25.1 Å². The van der Waals surface area contributed by atoms with Gasteiger partial charge in [-0.2, -0.15) is 5.10 Å². The Morgan fingerprint density at radius 3 is 2.49 bits per heavy atom. The predicted molar refractivity (Wildman–Crippen MR) is 183 cm³/mol. The van der Waals surface area contributed by atoms with E-state index in [2.05, 4.69) is 15.5 Å². The Hall–Kier alpha value is -4.66. The van der Waals surface area contributed by atoms with Crippen LogP contribution in [0.25, 0.3) is 5.69 Å². The van der Waals surface area contributed by atoms with Crippen molar-refractivity contribution in [2.45, 2.75) is 31.1 Å². The molecule has 242 valence electrons. The molecule has 14 heteroatoms. The molecule has 3 aromatic heterocycles. The van der Waals surface area contributed by atoms with Gasteiger partial charge in [0.15, 0.2) is 22.5 Å². The number of benzene rings is 2. The number of hydrogen-bond donors (Lipinski definition) is 1. The maximum absolute atomic E-state index is 14.0. The second kappa shape index (κ2) is 14.8. The summed E-state index contributed by atoms with van der Waals surface area (Å²) < 4.78 is 18.8. The molecule has 4 heterocycles. The maximum Gasteiger partial charge on any atom is 0.261 e. The van der Waals surface area contributed by atoms with E-state index in [9.17, 15) is 9.59 Å². The van der Waals surface area contributed by atoms with Crippen LogP contribution in [0.1, 0.15) is 45.3 Å². The van der Waals surface area contributed by atoms with Crippen LogP contribution in [0.15, 0.2) is 87.7 Å². The zero-order valence-corrected chi connectivity index (χ0v) is 28.4. The molecule has 47 heavy (non-hydrogen) atoms. The van der Waals surface area contributed by atoms with Crippen LogP contribution < -0.4 is 19.5 Å². The Morgan fingerprint density at radius 2 is 1.79 bits per heavy atom. The van der Waals surface area contributed by atoms with Crippen molar-refractivity contribution in [2.24, 2.45) is 5.10 Å². The number of thiophene rings is 2. The van der Waals surface area contributed by atoms with E-state index in [1.807, 2.05) is 82.9 Å². The monoisotopic (exact) mass is 688 g/mol. The predicted octanol–water partition coefficient (Wildman–Crippen LogP) is 6.21. The number of methoxy groups -OCH3 is 2. The van der Waals surface area contributed by atoms with Gasteiger partial charge in [-0.3, -0.25) is 14.2 Å². The molecular weight excluding hydrogens is 657 g/mol. The Labute approximate surface area is 284 Å². The fourth-order valence-electron chi connectivity index (χ4n) is 5.22. The summed E-state index contributed by atoms with van der Waals surface area (Å²) in [5, 5.41) is 22.5. The Bertz CT molecular complexity index is 1860. The highest BCUT2D eigenvalue weighted by molar-refractivity contribution is 7.99. The standard InChI is InChI=1S/C33H32N6O5S3/c1-4-44-22-14-12-21(13-15-22)38-29(19-34-32(41)28-11-7-17-46-28)35-36-33(38)47-20-30(40)39-25(18-24(37-39)27-10-6-16-45-27)23-8-5-9-26(42-2)31(23)43-3/h5-17,25H,4,18-20H2,1-3H3,(H,34,41). The van der Waals surface area contributed by atoms with Gasteiger partial charge in [-0.05, 0) is 60.1 Å². The summed E-state index contributed by atoms with van der Waals surface area (Å²) in [5.74, 6) is 2.04. The molecule has 1 atom stereocenters. The van der Waals surface area contributed by atoms with E-state index in [1.54, 1.807) is 36.6 Å². The van der Waals surface area contributed by atoms with Crippen molar-refractivity contribution in [3.63, 3.8) is 0 Å². The lowest BCUT2D eigenvalue weighted by molar-refractivity contribution is -0.130. The van der Waals surface area contributed by atoms with E-state index >= 15 is 0 Å². The van der Waals surface area contributed by atoms with E-state index in [4.69, 9.17) is 19.3 Å². The average molecular weight is 689 g/mol. The van der Waals surface area contributed by atoms with Crippen LogP contribution in [0.4, 0.5) is 0 Å². The van der Waals surface area contributed by atoms with Crippen molar-refractivity contribution in [2.75, 3.05) is 26.6 Å². The molecule has 0 aliphatic carbocycles. The number of para-hydroxylation sites is 1. The van der Waals surface area contributed by atoms with Crippen molar-refractivity contribution >= 4 is 52.0 Å². The molecule has 1 aliphatic rings. The van der Waals surface area contributed by atoms with Crippen LogP contribution in [-0.2, 0) is 11.3 Å². The summed E-state index contributed by atoms with van der Waals surface area (Å²) >= 11 is 4.20. The summed E-state index contributed by atoms with van der Waals surface area (Å²) in [5.41, 5.74) is 2.41. The van der Waals surface area contributed by atoms with Gasteiger partial charge in [-0.15, -0.1) is 32.9 Å². The average Bonchev–Trinajstić information content (AvgIpc) is 3.93. The smallest absolute Gasteiger partial charge is 0.261 e. The first-order chi connectivity index (χ1) is 23.0. The van der Waals surface area contributed by atoms with Gasteiger partial charge >= 0.3 is 0 Å². The first kappa shape index (κ1) is 32.3. The minimum atomic E-state index is -0.391. The largest absolute Gasteiger partial charge is 0.494 e. The number of rotatable bonds is 13. The fourth-order valence-corrected chi connectivity index (χ4v) is 7.41. The molecule has 6 rings (SSSR count). The second-order valence-electron chi connectivity index (χ2n) is 10.2. The van der Waals surface area contributed by atoms with Crippen molar-refractivity contribution in [3.8, 4) is 22.9 Å². The molecular formula is C33H32N6O5S3.